The molecule has 1 rings (SSSR count). The van der Waals surface area contributed by atoms with Crippen LogP contribution >= 0.6 is 0 Å². The van der Waals surface area contributed by atoms with Gasteiger partial charge in [0.1, 0.15) is 0 Å². The maximum atomic E-state index is 11.9. The molecule has 0 N–H and O–H groups in total. The average Bonchev–Trinajstić information content (AvgIpc) is 2.94. The summed E-state index contributed by atoms with van der Waals surface area (Å²) in [6, 6.07) is 0. The van der Waals surface area contributed by atoms with Gasteiger partial charge in [-0.1, -0.05) is 0 Å². The zero-order valence-electron chi connectivity index (χ0n) is 10.7. The molecule has 0 aromatic rings. The molecule has 1 aliphatic rings. The Bertz CT molecular complexity index is 371. The van der Waals surface area contributed by atoms with Gasteiger partial charge in [-0.05, 0) is 32.4 Å². The van der Waals surface area contributed by atoms with Gasteiger partial charge < -0.3 is 9.64 Å². The van der Waals surface area contributed by atoms with Crippen LogP contribution in [0.25, 0.3) is 0 Å². The first-order valence-electron chi connectivity index (χ1n) is 5.71. The van der Waals surface area contributed by atoms with Crippen molar-refractivity contribution in [2.45, 2.75) is 19.3 Å². The Hall–Kier alpha value is -0.620. The summed E-state index contributed by atoms with van der Waals surface area (Å²) in [5, 5.41) is 0. The van der Waals surface area contributed by atoms with Gasteiger partial charge in [0.25, 0.3) is 0 Å². The number of esters is 1. The molecule has 6 heteroatoms. The molecule has 0 saturated heterocycles. The minimum Gasteiger partial charge on any atom is -0.469 e. The molecule has 0 radical (unpaired) electrons. The average molecular weight is 263 g/mol. The number of carbonyl (C=O) groups excluding carboxylic acids is 1. The van der Waals surface area contributed by atoms with E-state index in [4.69, 9.17) is 0 Å². The molecule has 0 atom stereocenters. The quantitative estimate of drug-likeness (QED) is 0.618. The zero-order valence-corrected chi connectivity index (χ0v) is 11.5. The highest BCUT2D eigenvalue weighted by Crippen LogP contribution is 2.50. The summed E-state index contributed by atoms with van der Waals surface area (Å²) in [5.74, 6) is -0.0448. The minimum absolute atomic E-state index is 0.114. The van der Waals surface area contributed by atoms with E-state index >= 15 is 0 Å². The second-order valence-corrected chi connectivity index (χ2v) is 7.33. The van der Waals surface area contributed by atoms with Crippen molar-refractivity contribution in [2.24, 2.45) is 5.41 Å². The number of sulfone groups is 1. The summed E-state index contributed by atoms with van der Waals surface area (Å²) in [5.41, 5.74) is -0.335. The first-order valence-corrected chi connectivity index (χ1v) is 7.53. The fraction of sp³-hybridized carbons (Fsp3) is 0.909. The van der Waals surface area contributed by atoms with Gasteiger partial charge in [0, 0.05) is 6.54 Å². The van der Waals surface area contributed by atoms with Crippen molar-refractivity contribution in [3.63, 3.8) is 0 Å². The van der Waals surface area contributed by atoms with E-state index in [0.29, 0.717) is 6.54 Å². The summed E-state index contributed by atoms with van der Waals surface area (Å²) >= 11 is 0. The number of methoxy groups -OCH3 is 1. The first-order chi connectivity index (χ1) is 7.79. The minimum atomic E-state index is -3.08. The topological polar surface area (TPSA) is 63.7 Å². The molecule has 0 bridgehead atoms. The van der Waals surface area contributed by atoms with Gasteiger partial charge in [0.15, 0.2) is 9.84 Å². The normalized spacial score (nSPS) is 18.1. The van der Waals surface area contributed by atoms with Gasteiger partial charge in [-0.3, -0.25) is 4.79 Å². The third kappa shape index (κ3) is 5.04. The number of hydrogen-bond acceptors (Lipinski definition) is 5. The van der Waals surface area contributed by atoms with Crippen molar-refractivity contribution in [1.82, 2.24) is 4.90 Å². The number of hydrogen-bond donors (Lipinski definition) is 0. The third-order valence-corrected chi connectivity index (χ3v) is 4.94. The number of ether oxygens (including phenoxy) is 1. The molecule has 17 heavy (non-hydrogen) atoms. The fourth-order valence-electron chi connectivity index (χ4n) is 1.79. The van der Waals surface area contributed by atoms with Crippen molar-refractivity contribution in [3.05, 3.63) is 0 Å². The molecular formula is C11H21NO4S. The standard InChI is InChI=1S/C11H21NO4S/c1-12(2)6-7-17(14,15)9-11(4-5-11)8-10(13)16-3/h4-9H2,1-3H3. The Morgan fingerprint density at radius 3 is 2.35 bits per heavy atom. The lowest BCUT2D eigenvalue weighted by atomic mass is 10.1. The molecule has 0 amide bonds. The maximum Gasteiger partial charge on any atom is 0.306 e. The van der Waals surface area contributed by atoms with E-state index in [2.05, 4.69) is 4.74 Å². The summed E-state index contributed by atoms with van der Waals surface area (Å²) in [4.78, 5) is 13.0. The highest BCUT2D eigenvalue weighted by molar-refractivity contribution is 7.91. The molecule has 0 aliphatic heterocycles. The zero-order chi connectivity index (χ0) is 13.1. The lowest BCUT2D eigenvalue weighted by Crippen LogP contribution is -2.28. The van der Waals surface area contributed by atoms with Crippen LogP contribution in [-0.2, 0) is 19.4 Å². The molecule has 0 unspecified atom stereocenters. The monoisotopic (exact) mass is 263 g/mol. The molecule has 1 saturated carbocycles. The summed E-state index contributed by atoms with van der Waals surface area (Å²) in [6.07, 6.45) is 1.84. The maximum absolute atomic E-state index is 11.9. The highest BCUT2D eigenvalue weighted by atomic mass is 32.2. The Labute approximate surface area is 103 Å². The van der Waals surface area contributed by atoms with Gasteiger partial charge in [-0.15, -0.1) is 0 Å². The van der Waals surface area contributed by atoms with Crippen LogP contribution in [0.3, 0.4) is 0 Å². The molecule has 1 fully saturated rings. The van der Waals surface area contributed by atoms with Crippen LogP contribution in [0.4, 0.5) is 0 Å². The lowest BCUT2D eigenvalue weighted by molar-refractivity contribution is -0.141. The SMILES string of the molecule is COC(=O)CC1(CS(=O)(=O)CCN(C)C)CC1. The number of rotatable bonds is 7. The van der Waals surface area contributed by atoms with Gasteiger partial charge >= 0.3 is 5.97 Å². The molecule has 100 valence electrons. The molecular weight excluding hydrogens is 242 g/mol. The van der Waals surface area contributed by atoms with Crippen LogP contribution in [0.1, 0.15) is 19.3 Å². The molecule has 5 nitrogen and oxygen atoms in total. The van der Waals surface area contributed by atoms with Crippen molar-refractivity contribution < 1.29 is 17.9 Å². The largest absolute Gasteiger partial charge is 0.469 e. The van der Waals surface area contributed by atoms with E-state index in [1.165, 1.54) is 7.11 Å². The second kappa shape index (κ2) is 5.35. The summed E-state index contributed by atoms with van der Waals surface area (Å²) in [6.45, 7) is 0.524. The molecule has 0 heterocycles. The second-order valence-electron chi connectivity index (χ2n) is 5.15. The van der Waals surface area contributed by atoms with E-state index in [9.17, 15) is 13.2 Å². The predicted octanol–water partition coefficient (Wildman–Crippen LogP) is 0.306. The van der Waals surface area contributed by atoms with Gasteiger partial charge in [-0.25, -0.2) is 8.42 Å². The smallest absolute Gasteiger partial charge is 0.306 e. The third-order valence-electron chi connectivity index (χ3n) is 3.08. The Morgan fingerprint density at radius 1 is 1.35 bits per heavy atom. The van der Waals surface area contributed by atoms with E-state index in [-0.39, 0.29) is 29.3 Å². The lowest BCUT2D eigenvalue weighted by Gasteiger charge is -2.15. The van der Waals surface area contributed by atoms with Crippen LogP contribution in [0.2, 0.25) is 0 Å². The summed E-state index contributed by atoms with van der Waals surface area (Å²) in [7, 11) is 1.95. The molecule has 1 aliphatic carbocycles. The van der Waals surface area contributed by atoms with Gasteiger partial charge in [0.2, 0.25) is 0 Å². The van der Waals surface area contributed by atoms with Gasteiger partial charge in [0.05, 0.1) is 25.0 Å². The van der Waals surface area contributed by atoms with E-state index < -0.39 is 9.84 Å². The van der Waals surface area contributed by atoms with E-state index in [1.807, 2.05) is 19.0 Å². The Balaban J connectivity index is 2.50. The highest BCUT2D eigenvalue weighted by Gasteiger charge is 2.47. The fourth-order valence-corrected chi connectivity index (χ4v) is 3.90. The first kappa shape index (κ1) is 14.4. The molecule has 0 aromatic heterocycles. The van der Waals surface area contributed by atoms with E-state index in [1.54, 1.807) is 0 Å². The molecule has 0 spiro atoms. The Kier molecular flexibility index (Phi) is 4.55. The Morgan fingerprint density at radius 2 is 1.94 bits per heavy atom. The van der Waals surface area contributed by atoms with Crippen LogP contribution in [0, 0.1) is 5.41 Å². The van der Waals surface area contributed by atoms with Crippen molar-refractivity contribution in [3.8, 4) is 0 Å². The van der Waals surface area contributed by atoms with Crippen LogP contribution in [0.5, 0.6) is 0 Å². The van der Waals surface area contributed by atoms with Crippen molar-refractivity contribution >= 4 is 15.8 Å². The van der Waals surface area contributed by atoms with Crippen molar-refractivity contribution in [1.29, 1.82) is 0 Å². The predicted molar refractivity (Wildman–Crippen MR) is 65.5 cm³/mol. The summed E-state index contributed by atoms with van der Waals surface area (Å²) < 4.78 is 28.4. The van der Waals surface area contributed by atoms with Crippen LogP contribution < -0.4 is 0 Å². The van der Waals surface area contributed by atoms with Crippen molar-refractivity contribution in [2.75, 3.05) is 39.3 Å². The molecule has 0 aromatic carbocycles. The number of carbonyl (C=O) groups is 1. The van der Waals surface area contributed by atoms with Crippen LogP contribution in [0.15, 0.2) is 0 Å². The van der Waals surface area contributed by atoms with Gasteiger partial charge in [-0.2, -0.15) is 0 Å². The number of nitrogens with zero attached hydrogens (tertiary/aromatic N) is 1. The van der Waals surface area contributed by atoms with E-state index in [0.717, 1.165) is 12.8 Å². The van der Waals surface area contributed by atoms with Crippen LogP contribution in [-0.4, -0.2) is 58.5 Å².